The van der Waals surface area contributed by atoms with Crippen LogP contribution in [-0.2, 0) is 9.84 Å². The van der Waals surface area contributed by atoms with Gasteiger partial charge in [0, 0.05) is 17.0 Å². The van der Waals surface area contributed by atoms with Gasteiger partial charge >= 0.3 is 0 Å². The van der Waals surface area contributed by atoms with Crippen LogP contribution in [0.1, 0.15) is 19.3 Å². The van der Waals surface area contributed by atoms with Crippen LogP contribution in [0.2, 0.25) is 5.02 Å². The van der Waals surface area contributed by atoms with Crippen molar-refractivity contribution in [3.8, 4) is 6.07 Å². The van der Waals surface area contributed by atoms with Crippen LogP contribution in [0.3, 0.4) is 0 Å². The zero-order valence-corrected chi connectivity index (χ0v) is 12.1. The molecule has 19 heavy (non-hydrogen) atoms. The molecule has 6 heteroatoms. The number of benzene rings is 1. The molecule has 0 heterocycles. The first-order valence-electron chi connectivity index (χ1n) is 6.01. The summed E-state index contributed by atoms with van der Waals surface area (Å²) in [6.45, 7) is 0. The molecule has 1 aliphatic carbocycles. The average molecular weight is 299 g/mol. The summed E-state index contributed by atoms with van der Waals surface area (Å²) in [5.74, 6) is 0. The van der Waals surface area contributed by atoms with Crippen molar-refractivity contribution in [2.75, 3.05) is 11.6 Å². The highest BCUT2D eigenvalue weighted by atomic mass is 35.5. The number of anilines is 1. The Morgan fingerprint density at radius 2 is 2.26 bits per heavy atom. The van der Waals surface area contributed by atoms with Crippen LogP contribution >= 0.6 is 11.6 Å². The van der Waals surface area contributed by atoms with Gasteiger partial charge in [0.05, 0.1) is 11.3 Å². The van der Waals surface area contributed by atoms with E-state index in [4.69, 9.17) is 11.6 Å². The lowest BCUT2D eigenvalue weighted by atomic mass is 9.99. The fourth-order valence-corrected chi connectivity index (χ4v) is 4.42. The van der Waals surface area contributed by atoms with E-state index >= 15 is 0 Å². The minimum absolute atomic E-state index is 0.514. The number of hydrogen-bond acceptors (Lipinski definition) is 4. The third-order valence-electron chi connectivity index (χ3n) is 3.50. The lowest BCUT2D eigenvalue weighted by Gasteiger charge is -2.29. The van der Waals surface area contributed by atoms with Crippen LogP contribution in [0.5, 0.6) is 0 Å². The molecule has 102 valence electrons. The number of sulfone groups is 1. The third kappa shape index (κ3) is 2.85. The molecule has 1 aromatic carbocycles. The van der Waals surface area contributed by atoms with E-state index in [-0.39, 0.29) is 0 Å². The van der Waals surface area contributed by atoms with Gasteiger partial charge < -0.3 is 5.32 Å². The second kappa shape index (κ2) is 5.03. The lowest BCUT2D eigenvalue weighted by molar-refractivity contribution is 0.552. The lowest BCUT2D eigenvalue weighted by Crippen LogP contribution is -2.47. The van der Waals surface area contributed by atoms with Gasteiger partial charge in [0.25, 0.3) is 0 Å². The van der Waals surface area contributed by atoms with Crippen LogP contribution in [0, 0.1) is 11.3 Å². The molecule has 0 saturated heterocycles. The van der Waals surface area contributed by atoms with Crippen LogP contribution in [0.25, 0.3) is 0 Å². The fourth-order valence-electron chi connectivity index (χ4n) is 2.68. The topological polar surface area (TPSA) is 70.0 Å². The predicted octanol–water partition coefficient (Wildman–Crippen LogP) is 2.61. The molecule has 4 nitrogen and oxygen atoms in total. The quantitative estimate of drug-likeness (QED) is 0.931. The third-order valence-corrected chi connectivity index (χ3v) is 5.40. The fraction of sp³-hybridized carbons (Fsp3) is 0.462. The Labute approximate surface area is 118 Å². The Balaban J connectivity index is 2.36. The maximum atomic E-state index is 11.8. The molecule has 2 unspecified atom stereocenters. The summed E-state index contributed by atoms with van der Waals surface area (Å²) < 4.78 is 23.7. The number of hydrogen-bond donors (Lipinski definition) is 1. The highest BCUT2D eigenvalue weighted by Gasteiger charge is 2.48. The number of nitrogens with one attached hydrogen (secondary N) is 1. The summed E-state index contributed by atoms with van der Waals surface area (Å²) in [6, 6.07) is 9.14. The maximum Gasteiger partial charge on any atom is 0.153 e. The van der Waals surface area contributed by atoms with Gasteiger partial charge in [0.15, 0.2) is 9.84 Å². The maximum absolute atomic E-state index is 11.8. The normalized spacial score (nSPS) is 26.9. The highest BCUT2D eigenvalue weighted by Crippen LogP contribution is 2.37. The molecule has 1 saturated carbocycles. The molecule has 1 N–H and O–H groups in total. The molecule has 0 amide bonds. The molecular formula is C13H15ClN2O2S. The summed E-state index contributed by atoms with van der Waals surface area (Å²) in [6.07, 6.45) is 2.95. The standard InChI is InChI=1S/C13H15ClN2O2S/c1-19(17,18)12-6-3-7-13(12,9-15)16-11-5-2-4-10(14)8-11/h2,4-5,8,12,16H,3,6-7H2,1H3. The van der Waals surface area contributed by atoms with E-state index in [0.29, 0.717) is 23.6 Å². The molecule has 0 aliphatic heterocycles. The SMILES string of the molecule is CS(=O)(=O)C1CCCC1(C#N)Nc1cccc(Cl)c1. The summed E-state index contributed by atoms with van der Waals surface area (Å²) in [5.41, 5.74) is -0.386. The van der Waals surface area contributed by atoms with Gasteiger partial charge in [-0.3, -0.25) is 0 Å². The zero-order chi connectivity index (χ0) is 14.1. The second-order valence-electron chi connectivity index (χ2n) is 4.93. The van der Waals surface area contributed by atoms with E-state index < -0.39 is 20.6 Å². The Morgan fingerprint density at radius 1 is 1.53 bits per heavy atom. The molecule has 1 fully saturated rings. The highest BCUT2D eigenvalue weighted by molar-refractivity contribution is 7.91. The van der Waals surface area contributed by atoms with E-state index in [1.54, 1.807) is 24.3 Å². The van der Waals surface area contributed by atoms with Crippen molar-refractivity contribution in [1.29, 1.82) is 5.26 Å². The van der Waals surface area contributed by atoms with E-state index in [1.807, 2.05) is 0 Å². The first kappa shape index (κ1) is 14.2. The molecular weight excluding hydrogens is 284 g/mol. The predicted molar refractivity (Wildman–Crippen MR) is 75.9 cm³/mol. The van der Waals surface area contributed by atoms with Gasteiger partial charge in [-0.1, -0.05) is 17.7 Å². The Hall–Kier alpha value is -1.25. The van der Waals surface area contributed by atoms with E-state index in [9.17, 15) is 13.7 Å². The van der Waals surface area contributed by atoms with Crippen LogP contribution in [0.4, 0.5) is 5.69 Å². The Kier molecular flexibility index (Phi) is 3.75. The second-order valence-corrected chi connectivity index (χ2v) is 7.59. The van der Waals surface area contributed by atoms with Crippen molar-refractivity contribution in [3.05, 3.63) is 29.3 Å². The first-order valence-corrected chi connectivity index (χ1v) is 8.34. The van der Waals surface area contributed by atoms with Crippen molar-refractivity contribution < 1.29 is 8.42 Å². The van der Waals surface area contributed by atoms with Crippen molar-refractivity contribution in [3.63, 3.8) is 0 Å². The van der Waals surface area contributed by atoms with Gasteiger partial charge in [-0.15, -0.1) is 0 Å². The summed E-state index contributed by atoms with van der Waals surface area (Å²) in [4.78, 5) is 0. The van der Waals surface area contributed by atoms with Crippen LogP contribution in [-0.4, -0.2) is 25.5 Å². The monoisotopic (exact) mass is 298 g/mol. The van der Waals surface area contributed by atoms with Gasteiger partial charge in [0.1, 0.15) is 5.54 Å². The molecule has 0 aromatic heterocycles. The van der Waals surface area contributed by atoms with Crippen molar-refractivity contribution >= 4 is 27.1 Å². The van der Waals surface area contributed by atoms with Crippen molar-refractivity contribution in [1.82, 2.24) is 0 Å². The van der Waals surface area contributed by atoms with Gasteiger partial charge in [-0.2, -0.15) is 5.26 Å². The first-order chi connectivity index (χ1) is 8.87. The smallest absolute Gasteiger partial charge is 0.153 e. The number of nitriles is 1. The van der Waals surface area contributed by atoms with Crippen molar-refractivity contribution in [2.45, 2.75) is 30.1 Å². The van der Waals surface area contributed by atoms with Gasteiger partial charge in [-0.05, 0) is 37.5 Å². The zero-order valence-electron chi connectivity index (χ0n) is 10.6. The summed E-state index contributed by atoms with van der Waals surface area (Å²) in [7, 11) is -3.27. The minimum atomic E-state index is -3.27. The molecule has 0 spiro atoms. The van der Waals surface area contributed by atoms with Crippen LogP contribution < -0.4 is 5.32 Å². The average Bonchev–Trinajstić information content (AvgIpc) is 2.73. The van der Waals surface area contributed by atoms with E-state index in [0.717, 1.165) is 6.42 Å². The van der Waals surface area contributed by atoms with Gasteiger partial charge in [-0.25, -0.2) is 8.42 Å². The number of halogens is 1. The molecule has 2 rings (SSSR count). The largest absolute Gasteiger partial charge is 0.366 e. The van der Waals surface area contributed by atoms with E-state index in [1.165, 1.54) is 6.26 Å². The minimum Gasteiger partial charge on any atom is -0.366 e. The molecule has 0 bridgehead atoms. The molecule has 1 aliphatic rings. The number of rotatable bonds is 3. The number of nitrogens with zero attached hydrogens (tertiary/aromatic N) is 1. The van der Waals surface area contributed by atoms with E-state index in [2.05, 4.69) is 11.4 Å². The van der Waals surface area contributed by atoms with Crippen LogP contribution in [0.15, 0.2) is 24.3 Å². The Morgan fingerprint density at radius 3 is 2.84 bits per heavy atom. The summed E-state index contributed by atoms with van der Waals surface area (Å²) >= 11 is 5.90. The van der Waals surface area contributed by atoms with Gasteiger partial charge in [0.2, 0.25) is 0 Å². The Bertz CT molecular complexity index is 624. The molecule has 2 atom stereocenters. The molecule has 0 radical (unpaired) electrons. The molecule has 1 aromatic rings. The van der Waals surface area contributed by atoms with Crippen molar-refractivity contribution in [2.24, 2.45) is 0 Å². The summed E-state index contributed by atoms with van der Waals surface area (Å²) in [5, 5.41) is 12.4.